The number of benzene rings is 2. The number of hydrogen-bond acceptors (Lipinski definition) is 4. The van der Waals surface area contributed by atoms with Crippen LogP contribution in [-0.4, -0.2) is 44.9 Å². The molecule has 2 N–H and O–H groups in total. The van der Waals surface area contributed by atoms with Crippen LogP contribution in [-0.2, 0) is 34.1 Å². The third kappa shape index (κ3) is 5.07. The maximum atomic E-state index is 11.6. The average Bonchev–Trinajstić information content (AvgIpc) is 3.09. The molecule has 1 unspecified atom stereocenters. The van der Waals surface area contributed by atoms with E-state index in [0.717, 1.165) is 45.7 Å². The van der Waals surface area contributed by atoms with E-state index in [2.05, 4.69) is 47.4 Å². The minimum Gasteiger partial charge on any atom is -0.379 e. The highest BCUT2D eigenvalue weighted by molar-refractivity contribution is 7.89. The third-order valence-corrected chi connectivity index (χ3v) is 7.53. The molecular weight excluding hydrogens is 384 g/mol. The Morgan fingerprint density at radius 1 is 1.07 bits per heavy atom. The van der Waals surface area contributed by atoms with Crippen molar-refractivity contribution in [1.29, 1.82) is 0 Å². The second-order valence-electron chi connectivity index (χ2n) is 8.48. The van der Waals surface area contributed by atoms with Crippen molar-refractivity contribution in [2.75, 3.05) is 26.3 Å². The zero-order valence-corrected chi connectivity index (χ0v) is 17.8. The van der Waals surface area contributed by atoms with Gasteiger partial charge in [0.15, 0.2) is 0 Å². The molecule has 1 aliphatic heterocycles. The molecule has 0 radical (unpaired) electrons. The molecule has 0 aromatic heterocycles. The Labute approximate surface area is 173 Å². The van der Waals surface area contributed by atoms with Crippen molar-refractivity contribution in [2.24, 2.45) is 11.1 Å². The summed E-state index contributed by atoms with van der Waals surface area (Å²) >= 11 is 0. The molecule has 0 spiro atoms. The Bertz CT molecular complexity index is 968. The zero-order valence-electron chi connectivity index (χ0n) is 17.0. The van der Waals surface area contributed by atoms with Gasteiger partial charge in [-0.25, -0.2) is 13.6 Å². The summed E-state index contributed by atoms with van der Waals surface area (Å²) in [6.07, 6.45) is 2.49. The summed E-state index contributed by atoms with van der Waals surface area (Å²) in [7, 11) is -3.46. The molecule has 29 heavy (non-hydrogen) atoms. The van der Waals surface area contributed by atoms with E-state index in [1.165, 1.54) is 27.8 Å². The van der Waals surface area contributed by atoms with Gasteiger partial charge >= 0.3 is 0 Å². The lowest BCUT2D eigenvalue weighted by atomic mass is 9.98. The Morgan fingerprint density at radius 2 is 1.79 bits per heavy atom. The Balaban J connectivity index is 1.46. The first-order valence-electron chi connectivity index (χ1n) is 10.4. The lowest BCUT2D eigenvalue weighted by molar-refractivity contribution is 0.0342. The molecule has 1 saturated heterocycles. The normalized spacial score (nSPS) is 21.1. The third-order valence-electron chi connectivity index (χ3n) is 6.22. The molecule has 1 aliphatic carbocycles. The SMILES string of the molecule is CC(C[C@H]1Cc2ccc(-c3cccc(CN4CCOCC4)c3)cc2C1)S(N)(=O)=O. The van der Waals surface area contributed by atoms with Crippen LogP contribution in [0.15, 0.2) is 42.5 Å². The molecule has 0 bridgehead atoms. The zero-order chi connectivity index (χ0) is 20.4. The van der Waals surface area contributed by atoms with Gasteiger partial charge in [-0.3, -0.25) is 4.90 Å². The van der Waals surface area contributed by atoms with Gasteiger partial charge in [0.2, 0.25) is 10.0 Å². The molecule has 6 heteroatoms. The second-order valence-corrected chi connectivity index (χ2v) is 10.5. The number of primary sulfonamides is 1. The second kappa shape index (κ2) is 8.56. The largest absolute Gasteiger partial charge is 0.379 e. The summed E-state index contributed by atoms with van der Waals surface area (Å²) in [5, 5.41) is 4.82. The highest BCUT2D eigenvalue weighted by Crippen LogP contribution is 2.34. The van der Waals surface area contributed by atoms with Gasteiger partial charge in [0, 0.05) is 19.6 Å². The van der Waals surface area contributed by atoms with E-state index in [1.807, 2.05) is 0 Å². The van der Waals surface area contributed by atoms with Crippen LogP contribution in [0.4, 0.5) is 0 Å². The van der Waals surface area contributed by atoms with Crippen molar-refractivity contribution in [3.05, 3.63) is 59.2 Å². The number of nitrogens with zero attached hydrogens (tertiary/aromatic N) is 1. The van der Waals surface area contributed by atoms with E-state index >= 15 is 0 Å². The maximum absolute atomic E-state index is 11.6. The predicted molar refractivity (Wildman–Crippen MR) is 116 cm³/mol. The lowest BCUT2D eigenvalue weighted by Gasteiger charge is -2.26. The minimum absolute atomic E-state index is 0.348. The first-order chi connectivity index (χ1) is 13.9. The number of nitrogens with two attached hydrogens (primary N) is 1. The van der Waals surface area contributed by atoms with E-state index in [4.69, 9.17) is 9.88 Å². The molecule has 156 valence electrons. The molecule has 5 nitrogen and oxygen atoms in total. The minimum atomic E-state index is -3.46. The van der Waals surface area contributed by atoms with Gasteiger partial charge in [0.25, 0.3) is 0 Å². The smallest absolute Gasteiger partial charge is 0.211 e. The van der Waals surface area contributed by atoms with Crippen molar-refractivity contribution in [3.63, 3.8) is 0 Å². The molecule has 2 aromatic carbocycles. The van der Waals surface area contributed by atoms with Crippen molar-refractivity contribution in [2.45, 2.75) is 38.0 Å². The Kier molecular flexibility index (Phi) is 6.06. The highest BCUT2D eigenvalue weighted by atomic mass is 32.2. The first-order valence-corrected chi connectivity index (χ1v) is 12.0. The van der Waals surface area contributed by atoms with Crippen molar-refractivity contribution in [3.8, 4) is 11.1 Å². The number of sulfonamides is 1. The topological polar surface area (TPSA) is 72.6 Å². The number of ether oxygens (including phenoxy) is 1. The summed E-state index contributed by atoms with van der Waals surface area (Å²) < 4.78 is 28.6. The van der Waals surface area contributed by atoms with Crippen molar-refractivity contribution >= 4 is 10.0 Å². The molecule has 2 aliphatic rings. The standard InChI is InChI=1S/C23H30N2O3S/c1-17(29(24,26)27)11-19-13-21-5-6-22(15-23(21)14-19)20-4-2-3-18(12-20)16-25-7-9-28-10-8-25/h2-6,12,15,17,19H,7-11,13-14,16H2,1H3,(H2,24,26,27)/t17?,19-/m0/s1. The Hall–Kier alpha value is -1.73. The van der Waals surface area contributed by atoms with Gasteiger partial charge in [0.1, 0.15) is 0 Å². The number of morpholine rings is 1. The predicted octanol–water partition coefficient (Wildman–Crippen LogP) is 2.97. The summed E-state index contributed by atoms with van der Waals surface area (Å²) in [4.78, 5) is 2.43. The van der Waals surface area contributed by atoms with Gasteiger partial charge in [-0.2, -0.15) is 0 Å². The van der Waals surface area contributed by atoms with Crippen LogP contribution in [0.3, 0.4) is 0 Å². The van der Waals surface area contributed by atoms with Crippen LogP contribution in [0.5, 0.6) is 0 Å². The molecule has 4 rings (SSSR count). The molecule has 0 amide bonds. The van der Waals surface area contributed by atoms with E-state index in [-0.39, 0.29) is 0 Å². The molecule has 1 heterocycles. The molecule has 2 atom stereocenters. The van der Waals surface area contributed by atoms with E-state index < -0.39 is 15.3 Å². The van der Waals surface area contributed by atoms with E-state index in [9.17, 15) is 8.42 Å². The maximum Gasteiger partial charge on any atom is 0.211 e. The highest BCUT2D eigenvalue weighted by Gasteiger charge is 2.27. The van der Waals surface area contributed by atoms with E-state index in [1.54, 1.807) is 6.92 Å². The number of rotatable bonds is 6. The van der Waals surface area contributed by atoms with Crippen LogP contribution in [0.1, 0.15) is 30.0 Å². The molecule has 2 aromatic rings. The van der Waals surface area contributed by atoms with Crippen molar-refractivity contribution in [1.82, 2.24) is 4.90 Å². The van der Waals surface area contributed by atoms with Crippen molar-refractivity contribution < 1.29 is 13.2 Å². The first kappa shape index (κ1) is 20.5. The van der Waals surface area contributed by atoms with Gasteiger partial charge in [-0.05, 0) is 66.0 Å². The van der Waals surface area contributed by atoms with Crippen LogP contribution in [0, 0.1) is 5.92 Å². The van der Waals surface area contributed by atoms with Crippen LogP contribution in [0.25, 0.3) is 11.1 Å². The van der Waals surface area contributed by atoms with E-state index in [0.29, 0.717) is 12.3 Å². The fraction of sp³-hybridized carbons (Fsp3) is 0.478. The van der Waals surface area contributed by atoms with Crippen LogP contribution >= 0.6 is 0 Å². The summed E-state index contributed by atoms with van der Waals surface area (Å²) in [5.41, 5.74) is 6.47. The molecular formula is C23H30N2O3S. The van der Waals surface area contributed by atoms with Gasteiger partial charge in [-0.15, -0.1) is 0 Å². The van der Waals surface area contributed by atoms with Gasteiger partial charge in [-0.1, -0.05) is 36.4 Å². The number of hydrogen-bond donors (Lipinski definition) is 1. The molecule has 0 saturated carbocycles. The summed E-state index contributed by atoms with van der Waals surface area (Å²) in [5.74, 6) is 0.348. The van der Waals surface area contributed by atoms with Gasteiger partial charge in [0.05, 0.1) is 18.5 Å². The summed E-state index contributed by atoms with van der Waals surface area (Å²) in [6, 6.07) is 15.5. The number of fused-ring (bicyclic) bond motifs is 1. The Morgan fingerprint density at radius 3 is 2.55 bits per heavy atom. The fourth-order valence-electron chi connectivity index (χ4n) is 4.53. The lowest BCUT2D eigenvalue weighted by Crippen LogP contribution is -2.35. The molecule has 1 fully saturated rings. The average molecular weight is 415 g/mol. The van der Waals surface area contributed by atoms with Gasteiger partial charge < -0.3 is 4.74 Å². The quantitative estimate of drug-likeness (QED) is 0.789. The summed E-state index contributed by atoms with van der Waals surface area (Å²) in [6.45, 7) is 6.27. The monoisotopic (exact) mass is 414 g/mol. The fourth-order valence-corrected chi connectivity index (χ4v) is 5.07. The van der Waals surface area contributed by atoms with Crippen LogP contribution in [0.2, 0.25) is 0 Å². The van der Waals surface area contributed by atoms with Crippen LogP contribution < -0.4 is 5.14 Å².